The minimum atomic E-state index is -2.63. The molecule has 42 heavy (non-hydrogen) atoms. The van der Waals surface area contributed by atoms with Crippen LogP contribution in [0.3, 0.4) is 0 Å². The first kappa shape index (κ1) is 32.6. The zero-order valence-corrected chi connectivity index (χ0v) is 29.4. The summed E-state index contributed by atoms with van der Waals surface area (Å²) in [5.41, 5.74) is 11.9. The Morgan fingerprint density at radius 1 is 0.548 bits per heavy atom. The predicted molar refractivity (Wildman–Crippen MR) is 169 cm³/mol. The molecule has 6 rings (SSSR count). The molecule has 3 heteroatoms. The average Bonchev–Trinajstić information content (AvgIpc) is 3.58. The van der Waals surface area contributed by atoms with Crippen molar-refractivity contribution in [3.8, 4) is 11.1 Å². The van der Waals surface area contributed by atoms with E-state index >= 15 is 0 Å². The van der Waals surface area contributed by atoms with Crippen molar-refractivity contribution in [2.45, 2.75) is 59.6 Å². The third kappa shape index (κ3) is 6.17. The van der Waals surface area contributed by atoms with Gasteiger partial charge in [0.2, 0.25) is 0 Å². The molecule has 214 valence electrons. The summed E-state index contributed by atoms with van der Waals surface area (Å²) < 4.78 is 2.55. The van der Waals surface area contributed by atoms with Crippen LogP contribution in [0.1, 0.15) is 78.5 Å². The first-order valence-electron chi connectivity index (χ1n) is 14.6. The summed E-state index contributed by atoms with van der Waals surface area (Å²) >= 11 is -2.63. The minimum Gasteiger partial charge on any atom is -1.00 e. The second-order valence-electron chi connectivity index (χ2n) is 13.4. The molecule has 0 atom stereocenters. The van der Waals surface area contributed by atoms with Crippen LogP contribution in [0.5, 0.6) is 0 Å². The average molecular weight is 671 g/mol. The summed E-state index contributed by atoms with van der Waals surface area (Å²) in [5, 5.41) is 0. The number of hydrogen-bond donors (Lipinski definition) is 0. The van der Waals surface area contributed by atoms with Crippen LogP contribution in [0, 0.1) is 0 Å². The smallest absolute Gasteiger partial charge is 1.00 e. The Bertz CT molecular complexity index is 1530. The number of fused-ring (bicyclic) bond motifs is 3. The third-order valence-electron chi connectivity index (χ3n) is 8.58. The molecule has 0 aliphatic heterocycles. The summed E-state index contributed by atoms with van der Waals surface area (Å²) in [5.74, 6) is 0. The van der Waals surface area contributed by atoms with Gasteiger partial charge in [-0.3, -0.25) is 0 Å². The fourth-order valence-electron chi connectivity index (χ4n) is 6.38. The van der Waals surface area contributed by atoms with Crippen LogP contribution in [0.2, 0.25) is 3.63 Å². The molecule has 0 saturated carbocycles. The van der Waals surface area contributed by atoms with Gasteiger partial charge in [0.15, 0.2) is 0 Å². The summed E-state index contributed by atoms with van der Waals surface area (Å²) in [6, 6.07) is 37.3. The molecule has 0 amide bonds. The van der Waals surface area contributed by atoms with Crippen molar-refractivity contribution in [1.29, 1.82) is 0 Å². The Labute approximate surface area is 273 Å². The van der Waals surface area contributed by atoms with Gasteiger partial charge in [-0.2, -0.15) is 0 Å². The number of halogens is 2. The Morgan fingerprint density at radius 2 is 0.952 bits per heavy atom. The van der Waals surface area contributed by atoms with E-state index in [1.165, 1.54) is 33.4 Å². The van der Waals surface area contributed by atoms with E-state index in [0.29, 0.717) is 7.25 Å². The molecule has 0 unspecified atom stereocenters. The standard InChI is InChI=1S/C21H25.C13H10.C5H5.2ClH.Zr/c1-20(2,3)16-7-9-18-14(12-16)11-15-13-17(21(4,5)6)8-10-19(15)18;1-3-7-12(8-4-1)11-13-9-5-2-6-10-13;1-2-4-5-3-1;;;/h7-13H,1-6H3;1-10H;1-5H;2*1H;/q;;;;;+2/p-2. The molecule has 4 aromatic carbocycles. The molecular weight excluding hydrogens is 631 g/mol. The van der Waals surface area contributed by atoms with Crippen molar-refractivity contribution < 1.29 is 46.1 Å². The normalized spacial score (nSPS) is 13.9. The van der Waals surface area contributed by atoms with Gasteiger partial charge in [0, 0.05) is 0 Å². The second-order valence-corrected chi connectivity index (χ2v) is 19.9. The van der Waals surface area contributed by atoms with Gasteiger partial charge in [-0.1, -0.05) is 0 Å². The summed E-state index contributed by atoms with van der Waals surface area (Å²) in [6.45, 7) is 14.1. The maximum atomic E-state index is 2.58. The van der Waals surface area contributed by atoms with Crippen molar-refractivity contribution >= 4 is 3.21 Å². The summed E-state index contributed by atoms with van der Waals surface area (Å²) in [7, 11) is 0. The van der Waals surface area contributed by atoms with E-state index in [-0.39, 0.29) is 35.6 Å². The predicted octanol–water partition coefficient (Wildman–Crippen LogP) is 4.16. The molecule has 2 aliphatic rings. The van der Waals surface area contributed by atoms with E-state index < -0.39 is 21.3 Å². The summed E-state index contributed by atoms with van der Waals surface area (Å²) in [6.07, 6.45) is 9.57. The molecule has 0 heterocycles. The fourth-order valence-corrected chi connectivity index (χ4v) is 15.7. The van der Waals surface area contributed by atoms with E-state index in [9.17, 15) is 0 Å². The Morgan fingerprint density at radius 3 is 1.33 bits per heavy atom. The van der Waals surface area contributed by atoms with Crippen LogP contribution in [-0.2, 0) is 32.1 Å². The fraction of sp³-hybridized carbons (Fsp3) is 0.256. The molecule has 2 aliphatic carbocycles. The van der Waals surface area contributed by atoms with Gasteiger partial charge >= 0.3 is 250 Å². The summed E-state index contributed by atoms with van der Waals surface area (Å²) in [4.78, 5) is 0. The molecule has 0 radical (unpaired) electrons. The molecule has 0 spiro atoms. The van der Waals surface area contributed by atoms with Crippen LogP contribution in [-0.4, -0.2) is 3.21 Å². The van der Waals surface area contributed by atoms with E-state index in [1.54, 1.807) is 14.3 Å². The van der Waals surface area contributed by atoms with E-state index in [1.807, 2.05) is 0 Å². The van der Waals surface area contributed by atoms with Crippen LogP contribution in [0.4, 0.5) is 0 Å². The second kappa shape index (κ2) is 12.7. The van der Waals surface area contributed by atoms with Gasteiger partial charge in [0.05, 0.1) is 0 Å². The molecule has 0 aromatic heterocycles. The number of benzene rings is 4. The number of allylic oxidation sites excluding steroid dienone is 4. The topological polar surface area (TPSA) is 0 Å². The zero-order valence-electron chi connectivity index (χ0n) is 25.5. The zero-order chi connectivity index (χ0) is 28.1. The van der Waals surface area contributed by atoms with Crippen LogP contribution >= 0.6 is 0 Å². The van der Waals surface area contributed by atoms with E-state index in [0.717, 1.165) is 0 Å². The Kier molecular flexibility index (Phi) is 9.89. The Balaban J connectivity index is 0.00000202. The van der Waals surface area contributed by atoms with Gasteiger partial charge in [-0.15, -0.1) is 0 Å². The maximum Gasteiger partial charge on any atom is -1.00 e. The van der Waals surface area contributed by atoms with E-state index in [4.69, 9.17) is 0 Å². The van der Waals surface area contributed by atoms with Gasteiger partial charge < -0.3 is 24.8 Å². The van der Waals surface area contributed by atoms with Gasteiger partial charge in [0.1, 0.15) is 0 Å². The molecule has 0 saturated heterocycles. The largest absolute Gasteiger partial charge is 1.00 e. The molecule has 0 bridgehead atoms. The monoisotopic (exact) mass is 668 g/mol. The quantitative estimate of drug-likeness (QED) is 0.306. The molecule has 0 fully saturated rings. The SMILES string of the molecule is CC(C)(C)c1ccc2c(c1)[CH]([Zr+2](=[C](c1ccccc1)c1ccccc1)[CH]1C=CC=C1)c1cc(C(C)(C)C)ccc1-2.[Cl-].[Cl-]. The Hall–Kier alpha value is -2.31. The van der Waals surface area contributed by atoms with Crippen LogP contribution < -0.4 is 24.8 Å². The van der Waals surface area contributed by atoms with Gasteiger partial charge in [-0.05, 0) is 0 Å². The van der Waals surface area contributed by atoms with Crippen molar-refractivity contribution in [3.63, 3.8) is 0 Å². The minimum absolute atomic E-state index is 0. The first-order chi connectivity index (χ1) is 19.1. The van der Waals surface area contributed by atoms with Gasteiger partial charge in [0.25, 0.3) is 0 Å². The first-order valence-corrected chi connectivity index (χ1v) is 18.7. The number of hydrogen-bond acceptors (Lipinski definition) is 0. The maximum absolute atomic E-state index is 2.63. The molecule has 4 aromatic rings. The van der Waals surface area contributed by atoms with Crippen molar-refractivity contribution in [3.05, 3.63) is 155 Å². The van der Waals surface area contributed by atoms with Crippen molar-refractivity contribution in [2.75, 3.05) is 0 Å². The molecule has 0 N–H and O–H groups in total. The van der Waals surface area contributed by atoms with E-state index in [2.05, 4.69) is 163 Å². The molecular formula is C39H40Cl2Zr. The molecule has 0 nitrogen and oxygen atoms in total. The number of rotatable bonds is 4. The van der Waals surface area contributed by atoms with Crippen molar-refractivity contribution in [1.82, 2.24) is 0 Å². The van der Waals surface area contributed by atoms with Crippen LogP contribution in [0.15, 0.2) is 121 Å². The third-order valence-corrected chi connectivity index (χ3v) is 17.2. The van der Waals surface area contributed by atoms with Crippen LogP contribution in [0.25, 0.3) is 11.1 Å². The van der Waals surface area contributed by atoms with Crippen molar-refractivity contribution in [2.24, 2.45) is 0 Å². The van der Waals surface area contributed by atoms with Gasteiger partial charge in [-0.25, -0.2) is 0 Å².